The van der Waals surface area contributed by atoms with Crippen molar-refractivity contribution in [3.05, 3.63) is 34.6 Å². The van der Waals surface area contributed by atoms with Gasteiger partial charge in [-0.3, -0.25) is 4.79 Å². The summed E-state index contributed by atoms with van der Waals surface area (Å²) in [6.07, 6.45) is 1.06. The molecular formula is C13H18FNO3S. The molecule has 0 amide bonds. The molecule has 1 aromatic rings. The number of rotatable bonds is 5. The Kier molecular flexibility index (Phi) is 4.81. The van der Waals surface area contributed by atoms with Crippen LogP contribution < -0.4 is 5.73 Å². The molecule has 0 spiro atoms. The van der Waals surface area contributed by atoms with E-state index in [1.807, 2.05) is 0 Å². The van der Waals surface area contributed by atoms with E-state index in [9.17, 15) is 17.6 Å². The molecule has 0 aromatic heterocycles. The number of Topliss-reactive ketones (excluding diaryl/α,β-unsaturated/α-hetero) is 1. The van der Waals surface area contributed by atoms with E-state index in [1.54, 1.807) is 19.9 Å². The van der Waals surface area contributed by atoms with Crippen LogP contribution in [0.15, 0.2) is 12.1 Å². The highest BCUT2D eigenvalue weighted by Crippen LogP contribution is 2.18. The summed E-state index contributed by atoms with van der Waals surface area (Å²) in [7, 11) is -3.19. The van der Waals surface area contributed by atoms with Gasteiger partial charge < -0.3 is 5.73 Å². The minimum Gasteiger partial charge on any atom is -0.321 e. The molecule has 0 saturated carbocycles. The Bertz CT molecular complexity index is 573. The van der Waals surface area contributed by atoms with Crippen molar-refractivity contribution >= 4 is 15.6 Å². The quantitative estimate of drug-likeness (QED) is 0.830. The fraction of sp³-hybridized carbons (Fsp3) is 0.462. The molecule has 1 aromatic carbocycles. The molecule has 6 heteroatoms. The second-order valence-electron chi connectivity index (χ2n) is 4.83. The molecule has 1 rings (SSSR count). The smallest absolute Gasteiger partial charge is 0.182 e. The van der Waals surface area contributed by atoms with Gasteiger partial charge in [0.15, 0.2) is 5.78 Å². The van der Waals surface area contributed by atoms with Crippen molar-refractivity contribution in [3.63, 3.8) is 0 Å². The molecule has 0 fully saturated rings. The fourth-order valence-electron chi connectivity index (χ4n) is 1.89. The van der Waals surface area contributed by atoms with Crippen molar-refractivity contribution in [2.75, 3.05) is 12.0 Å². The maximum absolute atomic E-state index is 13.8. The van der Waals surface area contributed by atoms with E-state index in [1.165, 1.54) is 6.07 Å². The molecule has 0 heterocycles. The van der Waals surface area contributed by atoms with Gasteiger partial charge in [0.1, 0.15) is 15.7 Å². The van der Waals surface area contributed by atoms with Gasteiger partial charge in [-0.05, 0) is 37.5 Å². The Labute approximate surface area is 112 Å². The topological polar surface area (TPSA) is 77.2 Å². The molecule has 0 aliphatic carbocycles. The Morgan fingerprint density at radius 1 is 1.37 bits per heavy atom. The number of hydrogen-bond donors (Lipinski definition) is 1. The summed E-state index contributed by atoms with van der Waals surface area (Å²) in [4.78, 5) is 12.1. The highest BCUT2D eigenvalue weighted by Gasteiger charge is 2.22. The van der Waals surface area contributed by atoms with Crippen LogP contribution in [0, 0.1) is 19.7 Å². The van der Waals surface area contributed by atoms with Crippen LogP contribution in [0.1, 0.15) is 27.9 Å². The van der Waals surface area contributed by atoms with Gasteiger partial charge >= 0.3 is 0 Å². The molecule has 0 aliphatic rings. The van der Waals surface area contributed by atoms with Gasteiger partial charge in [0.2, 0.25) is 0 Å². The predicted molar refractivity (Wildman–Crippen MR) is 72.5 cm³/mol. The summed E-state index contributed by atoms with van der Waals surface area (Å²) in [5.74, 6) is -1.36. The van der Waals surface area contributed by atoms with E-state index in [0.29, 0.717) is 5.56 Å². The van der Waals surface area contributed by atoms with Gasteiger partial charge in [0, 0.05) is 6.26 Å². The summed E-state index contributed by atoms with van der Waals surface area (Å²) in [5.41, 5.74) is 6.83. The monoisotopic (exact) mass is 287 g/mol. The molecule has 0 radical (unpaired) electrons. The first-order valence-corrected chi connectivity index (χ1v) is 7.92. The van der Waals surface area contributed by atoms with Crippen LogP contribution in [-0.4, -0.2) is 32.3 Å². The second kappa shape index (κ2) is 5.79. The Hall–Kier alpha value is -1.27. The number of aryl methyl sites for hydroxylation is 2. The standard InChI is InChI=1S/C13H18FNO3S/c1-8-6-9(2)12(10(14)7-8)13(16)11(15)4-5-19(3,17)18/h6-7,11H,4-5,15H2,1-3H3. The first kappa shape index (κ1) is 15.8. The molecule has 0 bridgehead atoms. The maximum atomic E-state index is 13.8. The number of halogens is 1. The minimum absolute atomic E-state index is 0.00950. The molecule has 106 valence electrons. The van der Waals surface area contributed by atoms with E-state index < -0.39 is 27.5 Å². The van der Waals surface area contributed by atoms with Crippen molar-refractivity contribution in [3.8, 4) is 0 Å². The molecule has 2 N–H and O–H groups in total. The van der Waals surface area contributed by atoms with Crippen molar-refractivity contribution < 1.29 is 17.6 Å². The molecule has 1 atom stereocenters. The summed E-state index contributed by atoms with van der Waals surface area (Å²) in [6, 6.07) is 1.95. The third-order valence-electron chi connectivity index (χ3n) is 2.81. The predicted octanol–water partition coefficient (Wildman–Crippen LogP) is 1.39. The third kappa shape index (κ3) is 4.40. The zero-order chi connectivity index (χ0) is 14.8. The number of ketones is 1. The Morgan fingerprint density at radius 3 is 2.42 bits per heavy atom. The lowest BCUT2D eigenvalue weighted by Crippen LogP contribution is -2.33. The van der Waals surface area contributed by atoms with Gasteiger partial charge in [0.25, 0.3) is 0 Å². The van der Waals surface area contributed by atoms with Gasteiger partial charge in [-0.15, -0.1) is 0 Å². The van der Waals surface area contributed by atoms with E-state index in [2.05, 4.69) is 0 Å². The van der Waals surface area contributed by atoms with Crippen LogP contribution in [0.5, 0.6) is 0 Å². The SMILES string of the molecule is Cc1cc(C)c(C(=O)C(N)CCS(C)(=O)=O)c(F)c1. The third-order valence-corrected chi connectivity index (χ3v) is 3.79. The average Bonchev–Trinajstić information content (AvgIpc) is 2.23. The van der Waals surface area contributed by atoms with Crippen LogP contribution in [0.3, 0.4) is 0 Å². The number of nitrogens with two attached hydrogens (primary N) is 1. The van der Waals surface area contributed by atoms with E-state index >= 15 is 0 Å². The molecule has 19 heavy (non-hydrogen) atoms. The average molecular weight is 287 g/mol. The number of hydrogen-bond acceptors (Lipinski definition) is 4. The number of carbonyl (C=O) groups is 1. The van der Waals surface area contributed by atoms with Gasteiger partial charge in [0.05, 0.1) is 17.4 Å². The lowest BCUT2D eigenvalue weighted by molar-refractivity contribution is 0.0955. The van der Waals surface area contributed by atoms with Crippen LogP contribution >= 0.6 is 0 Å². The van der Waals surface area contributed by atoms with Crippen LogP contribution in [0.2, 0.25) is 0 Å². The fourth-order valence-corrected chi connectivity index (χ4v) is 2.57. The number of carbonyl (C=O) groups excluding carboxylic acids is 1. The number of benzene rings is 1. The van der Waals surface area contributed by atoms with Crippen LogP contribution in [-0.2, 0) is 9.84 Å². The highest BCUT2D eigenvalue weighted by molar-refractivity contribution is 7.90. The molecule has 4 nitrogen and oxygen atoms in total. The first-order valence-electron chi connectivity index (χ1n) is 5.86. The van der Waals surface area contributed by atoms with Crippen molar-refractivity contribution in [2.45, 2.75) is 26.3 Å². The maximum Gasteiger partial charge on any atom is 0.182 e. The highest BCUT2D eigenvalue weighted by atomic mass is 32.2. The van der Waals surface area contributed by atoms with Crippen LogP contribution in [0.4, 0.5) is 4.39 Å². The van der Waals surface area contributed by atoms with Gasteiger partial charge in [-0.25, -0.2) is 12.8 Å². The largest absolute Gasteiger partial charge is 0.321 e. The Morgan fingerprint density at radius 2 is 1.95 bits per heavy atom. The summed E-state index contributed by atoms with van der Waals surface area (Å²) in [6.45, 7) is 3.36. The lowest BCUT2D eigenvalue weighted by atomic mass is 9.96. The summed E-state index contributed by atoms with van der Waals surface area (Å²) < 4.78 is 35.9. The lowest BCUT2D eigenvalue weighted by Gasteiger charge is -2.13. The second-order valence-corrected chi connectivity index (χ2v) is 7.09. The zero-order valence-corrected chi connectivity index (χ0v) is 12.1. The normalized spacial score (nSPS) is 13.3. The molecule has 0 saturated heterocycles. The van der Waals surface area contributed by atoms with E-state index in [4.69, 9.17) is 5.73 Å². The van der Waals surface area contributed by atoms with E-state index in [-0.39, 0.29) is 17.7 Å². The molecular weight excluding hydrogens is 269 g/mol. The zero-order valence-electron chi connectivity index (χ0n) is 11.2. The molecule has 1 unspecified atom stereocenters. The first-order chi connectivity index (χ1) is 8.61. The van der Waals surface area contributed by atoms with Gasteiger partial charge in [-0.2, -0.15) is 0 Å². The van der Waals surface area contributed by atoms with E-state index in [0.717, 1.165) is 11.8 Å². The Balaban J connectivity index is 2.95. The van der Waals surface area contributed by atoms with Crippen molar-refractivity contribution in [1.82, 2.24) is 0 Å². The van der Waals surface area contributed by atoms with Crippen LogP contribution in [0.25, 0.3) is 0 Å². The van der Waals surface area contributed by atoms with Crippen molar-refractivity contribution in [1.29, 1.82) is 0 Å². The summed E-state index contributed by atoms with van der Waals surface area (Å²) in [5, 5.41) is 0. The molecule has 0 aliphatic heterocycles. The summed E-state index contributed by atoms with van der Waals surface area (Å²) >= 11 is 0. The van der Waals surface area contributed by atoms with Gasteiger partial charge in [-0.1, -0.05) is 6.07 Å². The number of sulfone groups is 1. The minimum atomic E-state index is -3.19. The van der Waals surface area contributed by atoms with Crippen molar-refractivity contribution in [2.24, 2.45) is 5.73 Å².